The van der Waals surface area contributed by atoms with E-state index in [2.05, 4.69) is 5.32 Å². The molecule has 0 aromatic carbocycles. The van der Waals surface area contributed by atoms with Gasteiger partial charge in [-0.2, -0.15) is 0 Å². The second-order valence-corrected chi connectivity index (χ2v) is 5.21. The van der Waals surface area contributed by atoms with Crippen molar-refractivity contribution in [1.29, 1.82) is 0 Å². The molecule has 3 atom stereocenters. The van der Waals surface area contributed by atoms with Gasteiger partial charge in [0.25, 0.3) is 0 Å². The average Bonchev–Trinajstić information content (AvgIpc) is 2.27. The Morgan fingerprint density at radius 1 is 1.41 bits per heavy atom. The first-order chi connectivity index (χ1) is 7.79. The van der Waals surface area contributed by atoms with Crippen LogP contribution in [0.5, 0.6) is 0 Å². The van der Waals surface area contributed by atoms with Crippen molar-refractivity contribution in [1.82, 2.24) is 10.2 Å². The lowest BCUT2D eigenvalue weighted by molar-refractivity contribution is -0.126. The summed E-state index contributed by atoms with van der Waals surface area (Å²) in [6.07, 6.45) is 0.936. The second kappa shape index (κ2) is 7.61. The van der Waals surface area contributed by atoms with Gasteiger partial charge in [-0.1, -0.05) is 26.1 Å². The van der Waals surface area contributed by atoms with Gasteiger partial charge in [0.15, 0.2) is 0 Å². The molecule has 17 heavy (non-hydrogen) atoms. The van der Waals surface area contributed by atoms with Crippen LogP contribution in [0.2, 0.25) is 0 Å². The van der Waals surface area contributed by atoms with Crippen LogP contribution in [0.4, 0.5) is 0 Å². The van der Waals surface area contributed by atoms with Gasteiger partial charge in [-0.05, 0) is 27.3 Å². The van der Waals surface area contributed by atoms with Crippen molar-refractivity contribution in [3.8, 4) is 0 Å². The fourth-order valence-corrected chi connectivity index (χ4v) is 1.42. The van der Waals surface area contributed by atoms with E-state index in [0.29, 0.717) is 11.5 Å². The van der Waals surface area contributed by atoms with E-state index in [4.69, 9.17) is 18.0 Å². The van der Waals surface area contributed by atoms with Crippen LogP contribution in [0, 0.1) is 5.92 Å². The fourth-order valence-electron chi connectivity index (χ4n) is 1.35. The van der Waals surface area contributed by atoms with E-state index in [1.165, 1.54) is 0 Å². The summed E-state index contributed by atoms with van der Waals surface area (Å²) in [5.74, 6) is 0.172. The van der Waals surface area contributed by atoms with Crippen molar-refractivity contribution < 1.29 is 4.79 Å². The largest absolute Gasteiger partial charge is 0.393 e. The molecule has 0 aromatic heterocycles. The molecule has 3 N–H and O–H groups in total. The number of amides is 1. The summed E-state index contributed by atoms with van der Waals surface area (Å²) in [6.45, 7) is 8.61. The Hall–Kier alpha value is -0.680. The molecule has 0 aliphatic heterocycles. The molecule has 0 radical (unpaired) electrons. The first-order valence-corrected chi connectivity index (χ1v) is 6.50. The number of nitrogens with zero attached hydrogens (tertiary/aromatic N) is 1. The molecule has 0 aliphatic carbocycles. The van der Waals surface area contributed by atoms with Crippen molar-refractivity contribution in [2.24, 2.45) is 11.7 Å². The smallest absolute Gasteiger partial charge is 0.237 e. The molecule has 0 spiro atoms. The first-order valence-electron chi connectivity index (χ1n) is 6.09. The zero-order chi connectivity index (χ0) is 13.6. The third-order valence-electron chi connectivity index (χ3n) is 3.09. The third-order valence-corrected chi connectivity index (χ3v) is 3.49. The Kier molecular flexibility index (Phi) is 7.30. The number of thiocarbonyl (C=S) groups is 1. The van der Waals surface area contributed by atoms with Crippen LogP contribution < -0.4 is 11.1 Å². The summed E-state index contributed by atoms with van der Waals surface area (Å²) in [7, 11) is 1.91. The summed E-state index contributed by atoms with van der Waals surface area (Å²) in [6, 6.07) is 0.0483. The van der Waals surface area contributed by atoms with Gasteiger partial charge in [0.1, 0.15) is 0 Å². The summed E-state index contributed by atoms with van der Waals surface area (Å²) >= 11 is 4.93. The van der Waals surface area contributed by atoms with Crippen LogP contribution in [-0.4, -0.2) is 41.5 Å². The van der Waals surface area contributed by atoms with Crippen molar-refractivity contribution in [2.75, 3.05) is 13.6 Å². The van der Waals surface area contributed by atoms with Crippen molar-refractivity contribution in [3.63, 3.8) is 0 Å². The number of carbonyl (C=O) groups is 1. The van der Waals surface area contributed by atoms with Gasteiger partial charge in [-0.15, -0.1) is 0 Å². The maximum atomic E-state index is 11.9. The minimum Gasteiger partial charge on any atom is -0.393 e. The lowest BCUT2D eigenvalue weighted by atomic mass is 10.1. The Bertz CT molecular complexity index is 270. The van der Waals surface area contributed by atoms with Gasteiger partial charge >= 0.3 is 0 Å². The highest BCUT2D eigenvalue weighted by atomic mass is 32.1. The normalized spacial score (nSPS) is 16.4. The molecule has 0 heterocycles. The SMILES string of the molecule is CCC(C)NC(=O)C(C)N(C)CC(C)C(N)=S. The summed E-state index contributed by atoms with van der Waals surface area (Å²) in [5.41, 5.74) is 5.57. The van der Waals surface area contributed by atoms with E-state index in [1.807, 2.05) is 39.6 Å². The van der Waals surface area contributed by atoms with Crippen LogP contribution in [0.1, 0.15) is 34.1 Å². The standard InChI is InChI=1S/C12H25N3OS/c1-6-9(3)14-12(16)10(4)15(5)7-8(2)11(13)17/h8-10H,6-7H2,1-5H3,(H2,13,17)(H,14,16). The zero-order valence-electron chi connectivity index (χ0n) is 11.5. The Labute approximate surface area is 110 Å². The van der Waals surface area contributed by atoms with E-state index >= 15 is 0 Å². The molecule has 0 saturated heterocycles. The molecule has 4 nitrogen and oxygen atoms in total. The Morgan fingerprint density at radius 3 is 2.35 bits per heavy atom. The van der Waals surface area contributed by atoms with Crippen molar-refractivity contribution in [3.05, 3.63) is 0 Å². The van der Waals surface area contributed by atoms with Crippen LogP contribution >= 0.6 is 12.2 Å². The number of likely N-dealkylation sites (N-methyl/N-ethyl adjacent to an activating group) is 1. The van der Waals surface area contributed by atoms with Gasteiger partial charge in [0.2, 0.25) is 5.91 Å². The van der Waals surface area contributed by atoms with Gasteiger partial charge in [-0.25, -0.2) is 0 Å². The molecule has 0 aliphatic rings. The molecule has 3 unspecified atom stereocenters. The minimum atomic E-state index is -0.166. The molecule has 5 heteroatoms. The number of rotatable bonds is 7. The highest BCUT2D eigenvalue weighted by Gasteiger charge is 2.21. The molecular formula is C12H25N3OS. The maximum absolute atomic E-state index is 11.9. The number of hydrogen-bond acceptors (Lipinski definition) is 3. The van der Waals surface area contributed by atoms with Crippen LogP contribution in [0.25, 0.3) is 0 Å². The minimum absolute atomic E-state index is 0.0528. The molecule has 0 aromatic rings. The second-order valence-electron chi connectivity index (χ2n) is 4.74. The number of nitrogens with two attached hydrogens (primary N) is 1. The van der Waals surface area contributed by atoms with Crippen molar-refractivity contribution in [2.45, 2.75) is 46.2 Å². The predicted octanol–water partition coefficient (Wildman–Crippen LogP) is 1.14. The summed E-state index contributed by atoms with van der Waals surface area (Å²) in [5, 5.41) is 2.97. The summed E-state index contributed by atoms with van der Waals surface area (Å²) in [4.78, 5) is 14.4. The molecule has 0 rings (SSSR count). The number of carbonyl (C=O) groups excluding carboxylic acids is 1. The molecule has 1 amide bonds. The van der Waals surface area contributed by atoms with Gasteiger partial charge in [-0.3, -0.25) is 9.69 Å². The third kappa shape index (κ3) is 5.98. The highest BCUT2D eigenvalue weighted by Crippen LogP contribution is 2.04. The molecule has 0 fully saturated rings. The molecule has 0 saturated carbocycles. The van der Waals surface area contributed by atoms with E-state index in [1.54, 1.807) is 0 Å². The average molecular weight is 259 g/mol. The zero-order valence-corrected chi connectivity index (χ0v) is 12.3. The Balaban J connectivity index is 4.24. The van der Waals surface area contributed by atoms with Crippen LogP contribution in [0.15, 0.2) is 0 Å². The molecular weight excluding hydrogens is 234 g/mol. The highest BCUT2D eigenvalue weighted by molar-refractivity contribution is 7.80. The topological polar surface area (TPSA) is 58.4 Å². The van der Waals surface area contributed by atoms with E-state index < -0.39 is 0 Å². The van der Waals surface area contributed by atoms with Crippen LogP contribution in [0.3, 0.4) is 0 Å². The van der Waals surface area contributed by atoms with E-state index in [-0.39, 0.29) is 23.9 Å². The number of nitrogens with one attached hydrogen (secondary N) is 1. The quantitative estimate of drug-likeness (QED) is 0.673. The maximum Gasteiger partial charge on any atom is 0.237 e. The van der Waals surface area contributed by atoms with E-state index in [9.17, 15) is 4.79 Å². The monoisotopic (exact) mass is 259 g/mol. The first kappa shape index (κ1) is 16.3. The fraction of sp³-hybridized carbons (Fsp3) is 0.833. The lowest BCUT2D eigenvalue weighted by Gasteiger charge is -2.27. The summed E-state index contributed by atoms with van der Waals surface area (Å²) < 4.78 is 0. The van der Waals surface area contributed by atoms with Gasteiger partial charge in [0, 0.05) is 18.5 Å². The Morgan fingerprint density at radius 2 is 1.94 bits per heavy atom. The lowest BCUT2D eigenvalue weighted by Crippen LogP contribution is -2.47. The van der Waals surface area contributed by atoms with Gasteiger partial charge in [0.05, 0.1) is 11.0 Å². The van der Waals surface area contributed by atoms with Crippen LogP contribution in [-0.2, 0) is 4.79 Å². The predicted molar refractivity (Wildman–Crippen MR) is 75.9 cm³/mol. The molecule has 100 valence electrons. The van der Waals surface area contributed by atoms with Crippen molar-refractivity contribution >= 4 is 23.1 Å². The van der Waals surface area contributed by atoms with E-state index in [0.717, 1.165) is 6.42 Å². The molecule has 0 bridgehead atoms. The number of hydrogen-bond donors (Lipinski definition) is 2. The van der Waals surface area contributed by atoms with Gasteiger partial charge < -0.3 is 11.1 Å².